The normalized spacial score (nSPS) is 38.8. The number of rotatable bonds is 2. The number of carbonyl (C=O) groups is 1. The summed E-state index contributed by atoms with van der Waals surface area (Å²) < 4.78 is 60.7. The van der Waals surface area contributed by atoms with Crippen molar-refractivity contribution in [2.75, 3.05) is 18.9 Å². The third-order valence-electron chi connectivity index (χ3n) is 7.48. The second kappa shape index (κ2) is 10.9. The molecule has 4 aliphatic rings. The van der Waals surface area contributed by atoms with Gasteiger partial charge in [0.15, 0.2) is 23.2 Å². The molecule has 4 aliphatic heterocycles. The molecule has 3 fully saturated rings. The number of aliphatic hydroxyl groups is 2. The van der Waals surface area contributed by atoms with Crippen LogP contribution in [0.1, 0.15) is 29.1 Å². The van der Waals surface area contributed by atoms with Gasteiger partial charge in [0.1, 0.15) is 42.7 Å². The van der Waals surface area contributed by atoms with Crippen molar-refractivity contribution >= 4 is 50.7 Å². The zero-order chi connectivity index (χ0) is 31.8. The predicted molar refractivity (Wildman–Crippen MR) is 143 cm³/mol. The molecule has 0 amide bonds. The lowest BCUT2D eigenvalue weighted by Gasteiger charge is -2.26. The van der Waals surface area contributed by atoms with Gasteiger partial charge in [0, 0.05) is 11.8 Å². The maximum atomic E-state index is 13.2. The molecular formula is C21H24N8O14P2. The van der Waals surface area contributed by atoms with Crippen LogP contribution in [0.2, 0.25) is 0 Å². The van der Waals surface area contributed by atoms with E-state index in [9.17, 15) is 38.7 Å². The maximum absolute atomic E-state index is 13.2. The summed E-state index contributed by atoms with van der Waals surface area (Å²) in [5.41, 5.74) is 4.75. The summed E-state index contributed by atoms with van der Waals surface area (Å²) in [5, 5.41) is 26.1. The van der Waals surface area contributed by atoms with Crippen LogP contribution < -0.4 is 11.3 Å². The minimum Gasteiger partial charge on any atom is -0.387 e. The number of aliphatic imine (C=N–C) groups is 1. The Hall–Kier alpha value is -3.24. The van der Waals surface area contributed by atoms with Crippen molar-refractivity contribution in [2.45, 2.75) is 55.4 Å². The average molecular weight is 674 g/mol. The molecule has 0 spiro atoms. The summed E-state index contributed by atoms with van der Waals surface area (Å²) in [5.74, 6) is -0.647. The van der Waals surface area contributed by atoms with Gasteiger partial charge in [-0.1, -0.05) is 0 Å². The van der Waals surface area contributed by atoms with E-state index in [-0.39, 0.29) is 34.9 Å². The number of hydrogen-bond donors (Lipinski definition) is 6. The van der Waals surface area contributed by atoms with E-state index in [1.807, 2.05) is 0 Å². The van der Waals surface area contributed by atoms with Crippen LogP contribution in [0.15, 0.2) is 22.3 Å². The van der Waals surface area contributed by atoms with Crippen molar-refractivity contribution in [3.63, 3.8) is 0 Å². The molecule has 0 saturated carbocycles. The fourth-order valence-electron chi connectivity index (χ4n) is 5.45. The number of phosphoric ester groups is 2. The van der Waals surface area contributed by atoms with Gasteiger partial charge in [-0.15, -0.1) is 0 Å². The molecule has 5 unspecified atom stereocenters. The van der Waals surface area contributed by atoms with Crippen LogP contribution in [0.3, 0.4) is 0 Å². The highest BCUT2D eigenvalue weighted by Gasteiger charge is 2.54. The Balaban J connectivity index is 1.20. The number of imidazole rings is 1. The largest absolute Gasteiger partial charge is 0.472 e. The Labute approximate surface area is 249 Å². The molecule has 3 saturated heterocycles. The SMILES string of the molecule is Nc1nc2c(ncn2[C@@H]2O[C@@H]3COP(=O)(O)OC4[C@@H](COP(=O)(O)OC2C3O)O[C@@H](c2cnn3c2N=CCC3=O)[C@H]4O)c(=O)[nH]1. The summed E-state index contributed by atoms with van der Waals surface area (Å²) in [6, 6.07) is 0. The molecule has 7 rings (SSSR count). The molecule has 0 aliphatic carbocycles. The molecule has 10 atom stereocenters. The van der Waals surface area contributed by atoms with E-state index in [1.54, 1.807) is 0 Å². The maximum Gasteiger partial charge on any atom is 0.472 e. The van der Waals surface area contributed by atoms with E-state index in [4.69, 9.17) is 33.3 Å². The first kappa shape index (κ1) is 30.4. The van der Waals surface area contributed by atoms with Crippen molar-refractivity contribution in [1.29, 1.82) is 0 Å². The fraction of sp³-hybridized carbons (Fsp3) is 0.524. The smallest absolute Gasteiger partial charge is 0.387 e. The third kappa shape index (κ3) is 5.37. The monoisotopic (exact) mass is 674 g/mol. The van der Waals surface area contributed by atoms with E-state index in [2.05, 4.69) is 25.0 Å². The summed E-state index contributed by atoms with van der Waals surface area (Å²) in [6.45, 7) is -1.67. The Morgan fingerprint density at radius 3 is 2.47 bits per heavy atom. The molecule has 0 radical (unpaired) electrons. The van der Waals surface area contributed by atoms with E-state index in [1.165, 1.54) is 12.4 Å². The van der Waals surface area contributed by atoms with Crippen molar-refractivity contribution in [3.05, 3.63) is 28.4 Å². The first-order valence-corrected chi connectivity index (χ1v) is 16.2. The predicted octanol–water partition coefficient (Wildman–Crippen LogP) is -1.58. The van der Waals surface area contributed by atoms with E-state index >= 15 is 0 Å². The fourth-order valence-corrected chi connectivity index (χ4v) is 7.35. The Morgan fingerprint density at radius 1 is 1.00 bits per heavy atom. The number of nitrogens with two attached hydrogens (primary N) is 1. The van der Waals surface area contributed by atoms with Crippen molar-refractivity contribution in [1.82, 2.24) is 29.3 Å². The molecule has 22 nitrogen and oxygen atoms in total. The number of H-pyrrole nitrogens is 1. The van der Waals surface area contributed by atoms with Gasteiger partial charge in [0.05, 0.1) is 32.2 Å². The lowest BCUT2D eigenvalue weighted by atomic mass is 10.0. The Kier molecular flexibility index (Phi) is 7.39. The van der Waals surface area contributed by atoms with Gasteiger partial charge in [0.25, 0.3) is 11.5 Å². The molecule has 0 aromatic carbocycles. The van der Waals surface area contributed by atoms with Crippen molar-refractivity contribution in [3.8, 4) is 0 Å². The number of aromatic nitrogens is 6. The number of anilines is 1. The number of ether oxygens (including phenoxy) is 2. The van der Waals surface area contributed by atoms with Crippen LogP contribution in [0.5, 0.6) is 0 Å². The topological polar surface area (TPSA) is 307 Å². The van der Waals surface area contributed by atoms with Crippen LogP contribution in [0.25, 0.3) is 11.2 Å². The number of carbonyl (C=O) groups excluding carboxylic acids is 1. The molecule has 45 heavy (non-hydrogen) atoms. The van der Waals surface area contributed by atoms with Crippen LogP contribution in [-0.2, 0) is 36.7 Å². The lowest BCUT2D eigenvalue weighted by molar-refractivity contribution is -0.0636. The number of fused-ring (bicyclic) bond motifs is 5. The number of aromatic amines is 1. The standard InChI is InChI=1S/C21H24N8O14P2/c22-21-26-18-11(19(33)27-21)24-6-28(18)20-16-12(31)8(41-20)4-38-44(34,35)42-15-9(5-39-45(36,37)43-16)40-14(13(15)32)7-3-25-29-10(30)1-2-23-17(7)29/h2-3,6,8-9,12-16,20,31-32H,1,4-5H2,(H,34,35)(H,36,37)(H3,22,26,27,33)/t8-,9-,12?,13-,14+,15?,16?,20-/m1/s1. The van der Waals surface area contributed by atoms with Gasteiger partial charge >= 0.3 is 15.6 Å². The second-order valence-corrected chi connectivity index (χ2v) is 13.1. The van der Waals surface area contributed by atoms with Gasteiger partial charge < -0.3 is 35.2 Å². The summed E-state index contributed by atoms with van der Waals surface area (Å²) in [7, 11) is -10.2. The van der Waals surface area contributed by atoms with Crippen LogP contribution in [0.4, 0.5) is 11.8 Å². The highest BCUT2D eigenvalue weighted by Crippen LogP contribution is 2.54. The molecule has 242 valence electrons. The first-order valence-electron chi connectivity index (χ1n) is 13.2. The van der Waals surface area contributed by atoms with E-state index < -0.39 is 89.3 Å². The number of nitrogens with zero attached hydrogens (tertiary/aromatic N) is 6. The van der Waals surface area contributed by atoms with E-state index in [0.717, 1.165) is 15.6 Å². The minimum absolute atomic E-state index is 0.0115. The highest BCUT2D eigenvalue weighted by molar-refractivity contribution is 7.47. The number of nitrogens with one attached hydrogen (secondary N) is 1. The summed E-state index contributed by atoms with van der Waals surface area (Å²) in [6.07, 6.45) is -9.09. The van der Waals surface area contributed by atoms with Gasteiger partial charge in [-0.2, -0.15) is 14.8 Å². The zero-order valence-electron chi connectivity index (χ0n) is 22.5. The van der Waals surface area contributed by atoms with Gasteiger partial charge in [-0.3, -0.25) is 37.2 Å². The Morgan fingerprint density at radius 2 is 1.71 bits per heavy atom. The highest BCUT2D eigenvalue weighted by atomic mass is 31.2. The van der Waals surface area contributed by atoms with Gasteiger partial charge in [-0.25, -0.2) is 19.1 Å². The van der Waals surface area contributed by atoms with Gasteiger partial charge in [0.2, 0.25) is 5.95 Å². The van der Waals surface area contributed by atoms with E-state index in [0.29, 0.717) is 0 Å². The molecule has 3 aromatic heterocycles. The van der Waals surface area contributed by atoms with Crippen LogP contribution in [-0.4, -0.2) is 111 Å². The van der Waals surface area contributed by atoms with Crippen LogP contribution >= 0.6 is 15.6 Å². The number of hydrogen-bond acceptors (Lipinski definition) is 17. The molecule has 2 bridgehead atoms. The molecular weight excluding hydrogens is 650 g/mol. The lowest BCUT2D eigenvalue weighted by Crippen LogP contribution is -2.35. The summed E-state index contributed by atoms with van der Waals surface area (Å²) >= 11 is 0. The van der Waals surface area contributed by atoms with Crippen molar-refractivity contribution < 1.29 is 61.5 Å². The second-order valence-electron chi connectivity index (χ2n) is 10.3. The molecule has 7 N–H and O–H groups in total. The molecule has 3 aromatic rings. The minimum atomic E-state index is -5.12. The van der Waals surface area contributed by atoms with Crippen molar-refractivity contribution in [2.24, 2.45) is 4.99 Å². The number of aliphatic hydroxyl groups excluding tert-OH is 2. The molecule has 7 heterocycles. The van der Waals surface area contributed by atoms with Gasteiger partial charge in [-0.05, 0) is 0 Å². The molecule has 24 heteroatoms. The third-order valence-corrected chi connectivity index (χ3v) is 9.45. The zero-order valence-corrected chi connectivity index (χ0v) is 24.3. The Bertz CT molecular complexity index is 1860. The number of nitrogen functional groups attached to an aromatic ring is 1. The number of phosphoric acid groups is 2. The average Bonchev–Trinajstić information content (AvgIpc) is 3.72. The quantitative estimate of drug-likeness (QED) is 0.167. The van der Waals surface area contributed by atoms with Crippen LogP contribution in [0, 0.1) is 0 Å². The summed E-state index contributed by atoms with van der Waals surface area (Å²) in [4.78, 5) is 60.0. The first-order chi connectivity index (χ1) is 21.3.